The van der Waals surface area contributed by atoms with Crippen molar-refractivity contribution in [1.29, 1.82) is 0 Å². The van der Waals surface area contributed by atoms with Gasteiger partial charge < -0.3 is 18.6 Å². The molecular formula is C25H19ClO6. The van der Waals surface area contributed by atoms with Crippen molar-refractivity contribution in [2.45, 2.75) is 6.92 Å². The molecule has 4 aromatic rings. The number of carbonyl (C=O) groups excluding carboxylic acids is 1. The summed E-state index contributed by atoms with van der Waals surface area (Å²) in [5.41, 5.74) is 1.93. The van der Waals surface area contributed by atoms with E-state index >= 15 is 0 Å². The molecular weight excluding hydrogens is 432 g/mol. The molecule has 0 aliphatic rings. The van der Waals surface area contributed by atoms with Crippen LogP contribution in [0.25, 0.3) is 22.1 Å². The van der Waals surface area contributed by atoms with Crippen molar-refractivity contribution in [3.63, 3.8) is 0 Å². The maximum atomic E-state index is 12.8. The Morgan fingerprint density at radius 3 is 2.44 bits per heavy atom. The van der Waals surface area contributed by atoms with Crippen molar-refractivity contribution in [2.75, 3.05) is 14.2 Å². The summed E-state index contributed by atoms with van der Waals surface area (Å²) in [6, 6.07) is 16.5. The lowest BCUT2D eigenvalue weighted by molar-refractivity contribution is 0.0735. The molecule has 0 spiro atoms. The molecule has 7 heteroatoms. The van der Waals surface area contributed by atoms with Crippen LogP contribution in [0.4, 0.5) is 0 Å². The van der Waals surface area contributed by atoms with Gasteiger partial charge in [0.05, 0.1) is 25.3 Å². The first-order valence-electron chi connectivity index (χ1n) is 9.69. The lowest BCUT2D eigenvalue weighted by Crippen LogP contribution is -2.09. The molecule has 4 rings (SSSR count). The monoisotopic (exact) mass is 450 g/mol. The third-order valence-electron chi connectivity index (χ3n) is 5.08. The Balaban J connectivity index is 1.77. The Morgan fingerprint density at radius 1 is 0.938 bits per heavy atom. The Morgan fingerprint density at radius 2 is 1.72 bits per heavy atom. The molecule has 0 unspecified atom stereocenters. The molecule has 0 amide bonds. The summed E-state index contributed by atoms with van der Waals surface area (Å²) < 4.78 is 21.7. The van der Waals surface area contributed by atoms with Gasteiger partial charge in [-0.1, -0.05) is 23.7 Å². The summed E-state index contributed by atoms with van der Waals surface area (Å²) in [5, 5.41) is 1.08. The van der Waals surface area contributed by atoms with Gasteiger partial charge >= 0.3 is 11.6 Å². The molecule has 0 N–H and O–H groups in total. The number of halogens is 1. The van der Waals surface area contributed by atoms with Crippen LogP contribution in [0.3, 0.4) is 0 Å². The number of carbonyl (C=O) groups is 1. The zero-order valence-corrected chi connectivity index (χ0v) is 18.4. The van der Waals surface area contributed by atoms with Gasteiger partial charge in [0.15, 0.2) is 11.5 Å². The van der Waals surface area contributed by atoms with Crippen molar-refractivity contribution in [3.05, 3.63) is 87.2 Å². The molecule has 1 heterocycles. The number of methoxy groups -OCH3 is 2. The van der Waals surface area contributed by atoms with Crippen molar-refractivity contribution in [2.24, 2.45) is 0 Å². The number of benzene rings is 3. The van der Waals surface area contributed by atoms with Crippen LogP contribution in [0.2, 0.25) is 5.02 Å². The topological polar surface area (TPSA) is 75.0 Å². The largest absolute Gasteiger partial charge is 0.493 e. The lowest BCUT2D eigenvalue weighted by Gasteiger charge is -2.12. The Bertz CT molecular complexity index is 1390. The fraction of sp³-hybridized carbons (Fsp3) is 0.120. The second-order valence-corrected chi connectivity index (χ2v) is 7.45. The van der Waals surface area contributed by atoms with Crippen molar-refractivity contribution >= 4 is 28.5 Å². The van der Waals surface area contributed by atoms with E-state index in [1.54, 1.807) is 61.7 Å². The van der Waals surface area contributed by atoms with Crippen LogP contribution in [0.15, 0.2) is 69.9 Å². The molecule has 0 fully saturated rings. The maximum absolute atomic E-state index is 12.8. The van der Waals surface area contributed by atoms with E-state index in [1.165, 1.54) is 13.2 Å². The highest BCUT2D eigenvalue weighted by molar-refractivity contribution is 6.30. The number of hydrogen-bond donors (Lipinski definition) is 0. The third kappa shape index (κ3) is 4.05. The number of rotatable bonds is 5. The van der Waals surface area contributed by atoms with E-state index in [4.69, 9.17) is 30.2 Å². The second kappa shape index (κ2) is 8.77. The van der Waals surface area contributed by atoms with E-state index in [9.17, 15) is 9.59 Å². The van der Waals surface area contributed by atoms with Crippen LogP contribution in [-0.4, -0.2) is 20.2 Å². The summed E-state index contributed by atoms with van der Waals surface area (Å²) in [6.07, 6.45) is 0. The zero-order valence-electron chi connectivity index (χ0n) is 17.6. The van der Waals surface area contributed by atoms with E-state index in [0.717, 1.165) is 0 Å². The van der Waals surface area contributed by atoms with Crippen molar-refractivity contribution in [1.82, 2.24) is 0 Å². The highest BCUT2D eigenvalue weighted by atomic mass is 35.5. The third-order valence-corrected chi connectivity index (χ3v) is 5.31. The molecule has 0 aliphatic carbocycles. The first-order valence-corrected chi connectivity index (χ1v) is 10.1. The second-order valence-electron chi connectivity index (χ2n) is 7.02. The summed E-state index contributed by atoms with van der Waals surface area (Å²) in [7, 11) is 3.07. The van der Waals surface area contributed by atoms with Gasteiger partial charge in [-0.15, -0.1) is 0 Å². The fourth-order valence-corrected chi connectivity index (χ4v) is 3.69. The van der Waals surface area contributed by atoms with Gasteiger partial charge in [-0.25, -0.2) is 9.59 Å². The van der Waals surface area contributed by atoms with Crippen LogP contribution >= 0.6 is 11.6 Å². The van der Waals surface area contributed by atoms with E-state index in [1.807, 2.05) is 6.92 Å². The molecule has 1 aromatic heterocycles. The SMILES string of the molecule is COc1ccc(-c2c(C)c3cc(OC(=O)c4cccc(Cl)c4)ccc3oc2=O)cc1OC. The number of ether oxygens (including phenoxy) is 3. The Kier molecular flexibility index (Phi) is 5.88. The Hall–Kier alpha value is -3.77. The molecule has 0 aliphatic heterocycles. The van der Waals surface area contributed by atoms with Gasteiger partial charge in [0.25, 0.3) is 0 Å². The van der Waals surface area contributed by atoms with Crippen LogP contribution in [0.5, 0.6) is 17.2 Å². The number of aryl methyl sites for hydroxylation is 1. The van der Waals surface area contributed by atoms with Gasteiger partial charge in [-0.05, 0) is 66.6 Å². The summed E-state index contributed by atoms with van der Waals surface area (Å²) >= 11 is 5.96. The van der Waals surface area contributed by atoms with E-state index in [2.05, 4.69) is 0 Å². The highest BCUT2D eigenvalue weighted by Gasteiger charge is 2.17. The smallest absolute Gasteiger partial charge is 0.344 e. The predicted molar refractivity (Wildman–Crippen MR) is 122 cm³/mol. The molecule has 3 aromatic carbocycles. The van der Waals surface area contributed by atoms with Gasteiger partial charge in [0, 0.05) is 10.4 Å². The normalized spacial score (nSPS) is 10.8. The van der Waals surface area contributed by atoms with Crippen molar-refractivity contribution < 1.29 is 23.4 Å². The van der Waals surface area contributed by atoms with Crippen LogP contribution in [-0.2, 0) is 0 Å². The van der Waals surface area contributed by atoms with Gasteiger partial charge in [0.2, 0.25) is 0 Å². The molecule has 0 saturated carbocycles. The van der Waals surface area contributed by atoms with E-state index in [0.29, 0.717) is 55.5 Å². The minimum atomic E-state index is -0.540. The molecule has 6 nitrogen and oxygen atoms in total. The zero-order chi connectivity index (χ0) is 22.8. The number of hydrogen-bond acceptors (Lipinski definition) is 6. The van der Waals surface area contributed by atoms with E-state index in [-0.39, 0.29) is 0 Å². The fourth-order valence-electron chi connectivity index (χ4n) is 3.50. The summed E-state index contributed by atoms with van der Waals surface area (Å²) in [6.45, 7) is 1.81. The minimum Gasteiger partial charge on any atom is -0.493 e. The quantitative estimate of drug-likeness (QED) is 0.222. The average Bonchev–Trinajstić information content (AvgIpc) is 2.79. The molecule has 0 bridgehead atoms. The number of esters is 1. The lowest BCUT2D eigenvalue weighted by atomic mass is 9.99. The molecule has 0 saturated heterocycles. The summed E-state index contributed by atoms with van der Waals surface area (Å²) in [4.78, 5) is 25.2. The molecule has 32 heavy (non-hydrogen) atoms. The molecule has 162 valence electrons. The van der Waals surface area contributed by atoms with Crippen LogP contribution < -0.4 is 19.8 Å². The van der Waals surface area contributed by atoms with Gasteiger partial charge in [-0.3, -0.25) is 0 Å². The standard InChI is InChI=1S/C25H19ClO6/c1-14-19-13-18(31-24(27)16-5-4-6-17(26)11-16)8-10-20(19)32-25(28)23(14)15-7-9-21(29-2)22(12-15)30-3/h4-13H,1-3H3. The maximum Gasteiger partial charge on any atom is 0.344 e. The predicted octanol–water partition coefficient (Wildman–Crippen LogP) is 5.66. The Labute approximate surface area is 188 Å². The first kappa shape index (κ1) is 21.5. The number of fused-ring (bicyclic) bond motifs is 1. The van der Waals surface area contributed by atoms with Crippen LogP contribution in [0, 0.1) is 6.92 Å². The van der Waals surface area contributed by atoms with E-state index < -0.39 is 11.6 Å². The highest BCUT2D eigenvalue weighted by Crippen LogP contribution is 2.34. The van der Waals surface area contributed by atoms with Gasteiger partial charge in [0.1, 0.15) is 11.3 Å². The molecule has 0 radical (unpaired) electrons. The minimum absolute atomic E-state index is 0.317. The molecule has 0 atom stereocenters. The van der Waals surface area contributed by atoms with Gasteiger partial charge in [-0.2, -0.15) is 0 Å². The van der Waals surface area contributed by atoms with Crippen LogP contribution in [0.1, 0.15) is 15.9 Å². The summed E-state index contributed by atoms with van der Waals surface area (Å²) in [5.74, 6) is 0.821. The first-order chi connectivity index (χ1) is 15.4. The average molecular weight is 451 g/mol. The van der Waals surface area contributed by atoms with Crippen molar-refractivity contribution in [3.8, 4) is 28.4 Å².